The van der Waals surface area contributed by atoms with Crippen LogP contribution >= 0.6 is 11.8 Å². The predicted octanol–water partition coefficient (Wildman–Crippen LogP) is 4.70. The van der Waals surface area contributed by atoms with Gasteiger partial charge in [-0.3, -0.25) is 14.6 Å². The number of hydrogen-bond donors (Lipinski definition) is 0. The van der Waals surface area contributed by atoms with Crippen LogP contribution in [-0.4, -0.2) is 35.6 Å². The molecule has 0 fully saturated rings. The Hall–Kier alpha value is -1.82. The predicted molar refractivity (Wildman–Crippen MR) is 112 cm³/mol. The van der Waals surface area contributed by atoms with Crippen LogP contribution in [-0.2, 0) is 14.3 Å². The van der Waals surface area contributed by atoms with Crippen LogP contribution in [0.3, 0.4) is 0 Å². The lowest BCUT2D eigenvalue weighted by Crippen LogP contribution is -2.39. The van der Waals surface area contributed by atoms with Crippen LogP contribution in [0.2, 0.25) is 0 Å². The maximum atomic E-state index is 13.1. The molecule has 0 radical (unpaired) electrons. The Bertz CT molecular complexity index is 833. The van der Waals surface area contributed by atoms with Crippen molar-refractivity contribution >= 4 is 29.2 Å². The highest BCUT2D eigenvalue weighted by molar-refractivity contribution is 7.99. The number of aliphatic imine (C=N–C) groups is 1. The molecule has 152 valence electrons. The summed E-state index contributed by atoms with van der Waals surface area (Å²) in [5.41, 5.74) is 1.98. The van der Waals surface area contributed by atoms with Crippen molar-refractivity contribution in [3.05, 3.63) is 34.9 Å². The van der Waals surface area contributed by atoms with Crippen molar-refractivity contribution in [3.8, 4) is 0 Å². The van der Waals surface area contributed by atoms with E-state index in [0.29, 0.717) is 30.1 Å². The van der Waals surface area contributed by atoms with Crippen molar-refractivity contribution < 1.29 is 18.7 Å². The minimum atomic E-state index is -0.624. The van der Waals surface area contributed by atoms with Crippen molar-refractivity contribution in [3.63, 3.8) is 0 Å². The lowest BCUT2D eigenvalue weighted by Gasteiger charge is -2.38. The van der Waals surface area contributed by atoms with Crippen LogP contribution in [0.15, 0.2) is 32.8 Å². The van der Waals surface area contributed by atoms with Crippen LogP contribution in [0.1, 0.15) is 58.0 Å². The minimum Gasteiger partial charge on any atom is -0.466 e. The zero-order valence-corrected chi connectivity index (χ0v) is 18.1. The number of esters is 1. The Kier molecular flexibility index (Phi) is 6.18. The summed E-state index contributed by atoms with van der Waals surface area (Å²) in [6.07, 6.45) is 1.17. The molecule has 2 aliphatic rings. The molecule has 6 heteroatoms. The van der Waals surface area contributed by atoms with Gasteiger partial charge in [0.2, 0.25) is 0 Å². The van der Waals surface area contributed by atoms with E-state index in [2.05, 4.69) is 20.8 Å². The zero-order chi connectivity index (χ0) is 20.5. The first-order valence-corrected chi connectivity index (χ1v) is 11.0. The van der Waals surface area contributed by atoms with Gasteiger partial charge in [0.05, 0.1) is 5.92 Å². The van der Waals surface area contributed by atoms with Gasteiger partial charge in [-0.1, -0.05) is 20.8 Å². The number of Topliss-reactive ketones (excluding diaryl/α,β-unsaturated/α-hetero) is 1. The van der Waals surface area contributed by atoms with Gasteiger partial charge in [-0.2, -0.15) is 11.8 Å². The summed E-state index contributed by atoms with van der Waals surface area (Å²) >= 11 is 1.73. The van der Waals surface area contributed by atoms with E-state index in [1.807, 2.05) is 26.0 Å². The summed E-state index contributed by atoms with van der Waals surface area (Å²) in [5.74, 6) is 1.77. The maximum Gasteiger partial charge on any atom is 0.315 e. The lowest BCUT2D eigenvalue weighted by atomic mass is 9.68. The molecule has 0 amide bonds. The van der Waals surface area contributed by atoms with Crippen LogP contribution in [0.25, 0.3) is 0 Å². The highest BCUT2D eigenvalue weighted by Crippen LogP contribution is 2.48. The van der Waals surface area contributed by atoms with Gasteiger partial charge in [0.25, 0.3) is 0 Å². The van der Waals surface area contributed by atoms with Gasteiger partial charge < -0.3 is 9.15 Å². The topological polar surface area (TPSA) is 68.9 Å². The summed E-state index contributed by atoms with van der Waals surface area (Å²) in [5, 5.41) is 0. The third kappa shape index (κ3) is 4.27. The van der Waals surface area contributed by atoms with E-state index in [1.165, 1.54) is 0 Å². The third-order valence-electron chi connectivity index (χ3n) is 5.30. The molecule has 28 heavy (non-hydrogen) atoms. The second-order valence-corrected chi connectivity index (χ2v) is 9.72. The summed E-state index contributed by atoms with van der Waals surface area (Å²) in [6, 6.07) is 3.73. The van der Waals surface area contributed by atoms with Gasteiger partial charge in [-0.25, -0.2) is 0 Å². The molecule has 0 saturated heterocycles. The molecule has 2 atom stereocenters. The first-order chi connectivity index (χ1) is 13.2. The molecule has 0 spiro atoms. The number of hydrogen-bond acceptors (Lipinski definition) is 6. The number of ketones is 1. The van der Waals surface area contributed by atoms with E-state index in [-0.39, 0.29) is 17.2 Å². The average molecular weight is 404 g/mol. The SMILES string of the molecule is CCSCCOC(=O)C1C(C)=NC2=C(C(=O)CC(C)(C)C2)[C@@H]1c1ccc(C)o1. The minimum absolute atomic E-state index is 0.0564. The molecule has 1 aromatic heterocycles. The van der Waals surface area contributed by atoms with Crippen molar-refractivity contribution in [1.29, 1.82) is 0 Å². The number of carbonyl (C=O) groups is 2. The number of rotatable bonds is 6. The summed E-state index contributed by atoms with van der Waals surface area (Å²) in [7, 11) is 0. The fourth-order valence-electron chi connectivity index (χ4n) is 4.11. The van der Waals surface area contributed by atoms with Gasteiger partial charge >= 0.3 is 5.97 Å². The molecule has 0 aromatic carbocycles. The van der Waals surface area contributed by atoms with Gasteiger partial charge in [-0.15, -0.1) is 0 Å². The summed E-state index contributed by atoms with van der Waals surface area (Å²) in [6.45, 7) is 10.3. The van der Waals surface area contributed by atoms with Crippen LogP contribution < -0.4 is 0 Å². The standard InChI is InChI=1S/C22H29NO4S/c1-6-28-10-9-26-21(25)18-14(3)23-15-11-22(4,5)12-16(24)19(15)20(18)17-8-7-13(2)27-17/h7-8,18,20H,6,9-12H2,1-5H3/t18?,20-/m1/s1. The number of nitrogens with zero attached hydrogens (tertiary/aromatic N) is 1. The largest absolute Gasteiger partial charge is 0.466 e. The Labute approximate surface area is 171 Å². The van der Waals surface area contributed by atoms with Gasteiger partial charge in [-0.05, 0) is 43.6 Å². The van der Waals surface area contributed by atoms with Crippen LogP contribution in [0.5, 0.6) is 0 Å². The Morgan fingerprint density at radius 1 is 1.32 bits per heavy atom. The fraction of sp³-hybridized carbons (Fsp3) is 0.591. The molecule has 1 aliphatic heterocycles. The first-order valence-electron chi connectivity index (χ1n) is 9.85. The number of allylic oxidation sites excluding steroid dienone is 2. The van der Waals surface area contributed by atoms with Crippen molar-refractivity contribution in [2.75, 3.05) is 18.1 Å². The van der Waals surface area contributed by atoms with Crippen molar-refractivity contribution in [2.45, 2.75) is 53.4 Å². The monoisotopic (exact) mass is 403 g/mol. The first kappa shape index (κ1) is 20.9. The number of thioether (sulfide) groups is 1. The van der Waals surface area contributed by atoms with Gasteiger partial charge in [0, 0.05) is 29.2 Å². The third-order valence-corrected chi connectivity index (χ3v) is 6.16. The second kappa shape index (κ2) is 8.27. The average Bonchev–Trinajstić information content (AvgIpc) is 3.02. The van der Waals surface area contributed by atoms with E-state index < -0.39 is 11.8 Å². The highest BCUT2D eigenvalue weighted by atomic mass is 32.2. The molecule has 1 aliphatic carbocycles. The van der Waals surface area contributed by atoms with Crippen molar-refractivity contribution in [1.82, 2.24) is 0 Å². The Balaban J connectivity index is 1.98. The molecule has 0 saturated carbocycles. The van der Waals surface area contributed by atoms with E-state index in [0.717, 1.165) is 29.4 Å². The molecule has 1 unspecified atom stereocenters. The normalized spacial score (nSPS) is 24.0. The quantitative estimate of drug-likeness (QED) is 0.509. The maximum absolute atomic E-state index is 13.1. The zero-order valence-electron chi connectivity index (χ0n) is 17.3. The molecule has 0 bridgehead atoms. The smallest absolute Gasteiger partial charge is 0.315 e. The lowest BCUT2D eigenvalue weighted by molar-refractivity contribution is -0.146. The number of ether oxygens (including phenoxy) is 1. The molecular weight excluding hydrogens is 374 g/mol. The molecule has 0 N–H and O–H groups in total. The highest BCUT2D eigenvalue weighted by Gasteiger charge is 2.47. The van der Waals surface area contributed by atoms with E-state index >= 15 is 0 Å². The number of aryl methyl sites for hydroxylation is 1. The Morgan fingerprint density at radius 3 is 2.71 bits per heavy atom. The fourth-order valence-corrected chi connectivity index (χ4v) is 4.60. The van der Waals surface area contributed by atoms with Gasteiger partial charge in [0.15, 0.2) is 5.78 Å². The van der Waals surface area contributed by atoms with Gasteiger partial charge in [0.1, 0.15) is 24.0 Å². The van der Waals surface area contributed by atoms with Crippen LogP contribution in [0.4, 0.5) is 0 Å². The van der Waals surface area contributed by atoms with E-state index in [9.17, 15) is 9.59 Å². The number of furan rings is 1. The van der Waals surface area contributed by atoms with E-state index in [4.69, 9.17) is 14.1 Å². The van der Waals surface area contributed by atoms with Crippen LogP contribution in [0, 0.1) is 18.3 Å². The molecule has 1 aromatic rings. The number of carbonyl (C=O) groups excluding carboxylic acids is 2. The summed E-state index contributed by atoms with van der Waals surface area (Å²) < 4.78 is 11.4. The molecular formula is C22H29NO4S. The molecule has 5 nitrogen and oxygen atoms in total. The molecule has 2 heterocycles. The van der Waals surface area contributed by atoms with E-state index in [1.54, 1.807) is 11.8 Å². The van der Waals surface area contributed by atoms with Crippen molar-refractivity contribution in [2.24, 2.45) is 16.3 Å². The second-order valence-electron chi connectivity index (χ2n) is 8.32. The molecule has 3 rings (SSSR count). The summed E-state index contributed by atoms with van der Waals surface area (Å²) in [4.78, 5) is 30.8. The Morgan fingerprint density at radius 2 is 2.07 bits per heavy atom.